The number of carbonyl (C=O) groups is 1. The van der Waals surface area contributed by atoms with Crippen LogP contribution in [0.4, 0.5) is 11.6 Å². The van der Waals surface area contributed by atoms with Crippen LogP contribution >= 0.6 is 0 Å². The monoisotopic (exact) mass is 355 g/mol. The molecule has 1 unspecified atom stereocenters. The largest absolute Gasteiger partial charge is 0.497 e. The van der Waals surface area contributed by atoms with Gasteiger partial charge >= 0.3 is 0 Å². The molecule has 0 spiro atoms. The van der Waals surface area contributed by atoms with Gasteiger partial charge in [0.1, 0.15) is 11.4 Å². The van der Waals surface area contributed by atoms with Crippen LogP contribution in [0.5, 0.6) is 5.75 Å². The van der Waals surface area contributed by atoms with Gasteiger partial charge in [0.25, 0.3) is 0 Å². The van der Waals surface area contributed by atoms with Crippen LogP contribution < -0.4 is 15.4 Å². The average Bonchev–Trinajstić information content (AvgIpc) is 2.69. The third-order valence-electron chi connectivity index (χ3n) is 4.70. The Morgan fingerprint density at radius 3 is 2.50 bits per heavy atom. The number of amides is 1. The van der Waals surface area contributed by atoms with E-state index in [2.05, 4.69) is 25.8 Å². The SMILES string of the molecule is COc1ccc(Nc2ncc(C(C)NC(=O)C3CCCCC3)nn2)cc1. The minimum Gasteiger partial charge on any atom is -0.497 e. The van der Waals surface area contributed by atoms with E-state index in [4.69, 9.17) is 4.74 Å². The van der Waals surface area contributed by atoms with E-state index in [1.54, 1.807) is 13.3 Å². The fraction of sp³-hybridized carbons (Fsp3) is 0.474. The minimum absolute atomic E-state index is 0.111. The Morgan fingerprint density at radius 2 is 1.88 bits per heavy atom. The molecule has 3 rings (SSSR count). The van der Waals surface area contributed by atoms with Crippen LogP contribution in [-0.2, 0) is 4.79 Å². The highest BCUT2D eigenvalue weighted by Crippen LogP contribution is 2.24. The molecular weight excluding hydrogens is 330 g/mol. The van der Waals surface area contributed by atoms with Crippen molar-refractivity contribution in [2.45, 2.75) is 45.1 Å². The molecule has 0 aliphatic heterocycles. The summed E-state index contributed by atoms with van der Waals surface area (Å²) in [6, 6.07) is 7.26. The molecular formula is C19H25N5O2. The van der Waals surface area contributed by atoms with Gasteiger partial charge < -0.3 is 15.4 Å². The summed E-state index contributed by atoms with van der Waals surface area (Å²) in [6.45, 7) is 1.91. The molecule has 1 aliphatic carbocycles. The number of anilines is 2. The molecule has 1 saturated carbocycles. The van der Waals surface area contributed by atoms with E-state index in [9.17, 15) is 4.79 Å². The molecule has 1 heterocycles. The molecule has 1 amide bonds. The first kappa shape index (κ1) is 18.1. The highest BCUT2D eigenvalue weighted by atomic mass is 16.5. The van der Waals surface area contributed by atoms with Crippen molar-refractivity contribution in [2.24, 2.45) is 5.92 Å². The highest BCUT2D eigenvalue weighted by molar-refractivity contribution is 5.79. The van der Waals surface area contributed by atoms with Crippen molar-refractivity contribution in [1.29, 1.82) is 0 Å². The van der Waals surface area contributed by atoms with Gasteiger partial charge in [-0.05, 0) is 44.0 Å². The zero-order valence-electron chi connectivity index (χ0n) is 15.2. The predicted octanol–water partition coefficient (Wildman–Crippen LogP) is 3.38. The number of hydrogen-bond donors (Lipinski definition) is 2. The fourth-order valence-corrected chi connectivity index (χ4v) is 3.11. The Hall–Kier alpha value is -2.70. The standard InChI is InChI=1S/C19H25N5O2/c1-13(21-18(25)14-6-4-3-5-7-14)17-12-20-19(24-23-17)22-15-8-10-16(26-2)11-9-15/h8-14H,3-7H2,1-2H3,(H,21,25)(H,20,22,24). The van der Waals surface area contributed by atoms with Gasteiger partial charge in [-0.3, -0.25) is 4.79 Å². The summed E-state index contributed by atoms with van der Waals surface area (Å²) < 4.78 is 5.13. The van der Waals surface area contributed by atoms with Crippen LogP contribution in [0.15, 0.2) is 30.5 Å². The molecule has 1 aliphatic rings. The quantitative estimate of drug-likeness (QED) is 0.826. The third-order valence-corrected chi connectivity index (χ3v) is 4.70. The maximum Gasteiger partial charge on any atom is 0.247 e. The predicted molar refractivity (Wildman–Crippen MR) is 99.2 cm³/mol. The lowest BCUT2D eigenvalue weighted by Crippen LogP contribution is -2.34. The first-order chi connectivity index (χ1) is 12.7. The van der Waals surface area contributed by atoms with Crippen molar-refractivity contribution in [2.75, 3.05) is 12.4 Å². The maximum atomic E-state index is 12.3. The first-order valence-corrected chi connectivity index (χ1v) is 9.07. The van der Waals surface area contributed by atoms with Crippen LogP contribution in [0.1, 0.15) is 50.8 Å². The Morgan fingerprint density at radius 1 is 1.15 bits per heavy atom. The maximum absolute atomic E-state index is 12.3. The number of hydrogen-bond acceptors (Lipinski definition) is 6. The molecule has 1 aromatic heterocycles. The van der Waals surface area contributed by atoms with Crippen molar-refractivity contribution < 1.29 is 9.53 Å². The van der Waals surface area contributed by atoms with Crippen molar-refractivity contribution in [3.05, 3.63) is 36.2 Å². The lowest BCUT2D eigenvalue weighted by atomic mass is 9.88. The van der Waals surface area contributed by atoms with Crippen molar-refractivity contribution >= 4 is 17.5 Å². The number of nitrogens with zero attached hydrogens (tertiary/aromatic N) is 3. The molecule has 0 bridgehead atoms. The zero-order valence-corrected chi connectivity index (χ0v) is 15.2. The summed E-state index contributed by atoms with van der Waals surface area (Å²) in [4.78, 5) is 16.6. The number of aromatic nitrogens is 3. The first-order valence-electron chi connectivity index (χ1n) is 9.07. The molecule has 26 heavy (non-hydrogen) atoms. The van der Waals surface area contributed by atoms with Gasteiger partial charge in [-0.1, -0.05) is 19.3 Å². The van der Waals surface area contributed by atoms with E-state index in [0.29, 0.717) is 11.6 Å². The van der Waals surface area contributed by atoms with Crippen LogP contribution in [0.25, 0.3) is 0 Å². The van der Waals surface area contributed by atoms with E-state index in [1.807, 2.05) is 31.2 Å². The highest BCUT2D eigenvalue weighted by Gasteiger charge is 2.23. The zero-order chi connectivity index (χ0) is 18.4. The molecule has 0 radical (unpaired) electrons. The van der Waals surface area contributed by atoms with Crippen molar-refractivity contribution in [1.82, 2.24) is 20.5 Å². The van der Waals surface area contributed by atoms with Gasteiger partial charge in [0, 0.05) is 11.6 Å². The molecule has 1 atom stereocenters. The van der Waals surface area contributed by atoms with Crippen LogP contribution in [0, 0.1) is 5.92 Å². The van der Waals surface area contributed by atoms with Gasteiger partial charge in [0.15, 0.2) is 0 Å². The van der Waals surface area contributed by atoms with Crippen molar-refractivity contribution in [3.63, 3.8) is 0 Å². The normalized spacial score (nSPS) is 15.9. The Kier molecular flexibility index (Phi) is 5.99. The topological polar surface area (TPSA) is 89.0 Å². The second-order valence-corrected chi connectivity index (χ2v) is 6.63. The summed E-state index contributed by atoms with van der Waals surface area (Å²) in [6.07, 6.45) is 7.11. The lowest BCUT2D eigenvalue weighted by Gasteiger charge is -2.22. The van der Waals surface area contributed by atoms with Crippen LogP contribution in [0.2, 0.25) is 0 Å². The van der Waals surface area contributed by atoms with Crippen LogP contribution in [-0.4, -0.2) is 28.2 Å². The van der Waals surface area contributed by atoms with Gasteiger partial charge in [-0.25, -0.2) is 4.98 Å². The summed E-state index contributed by atoms with van der Waals surface area (Å²) in [5.74, 6) is 1.43. The summed E-state index contributed by atoms with van der Waals surface area (Å²) >= 11 is 0. The molecule has 7 nitrogen and oxygen atoms in total. The van der Waals surface area contributed by atoms with Gasteiger partial charge in [0.2, 0.25) is 11.9 Å². The number of methoxy groups -OCH3 is 1. The molecule has 138 valence electrons. The Bertz CT molecular complexity index is 712. The second-order valence-electron chi connectivity index (χ2n) is 6.63. The molecule has 2 N–H and O–H groups in total. The smallest absolute Gasteiger partial charge is 0.247 e. The summed E-state index contributed by atoms with van der Waals surface area (Å²) in [7, 11) is 1.63. The summed E-state index contributed by atoms with van der Waals surface area (Å²) in [5.41, 5.74) is 1.49. The number of rotatable bonds is 6. The van der Waals surface area contributed by atoms with Crippen LogP contribution in [0.3, 0.4) is 0 Å². The fourth-order valence-electron chi connectivity index (χ4n) is 3.11. The second kappa shape index (κ2) is 8.60. The van der Waals surface area contributed by atoms with E-state index in [0.717, 1.165) is 37.1 Å². The minimum atomic E-state index is -0.209. The lowest BCUT2D eigenvalue weighted by molar-refractivity contribution is -0.126. The molecule has 7 heteroatoms. The van der Waals surface area contributed by atoms with Gasteiger partial charge in [0.05, 0.1) is 19.3 Å². The van der Waals surface area contributed by atoms with E-state index < -0.39 is 0 Å². The average molecular weight is 355 g/mol. The number of benzene rings is 1. The summed E-state index contributed by atoms with van der Waals surface area (Å²) in [5, 5.41) is 14.4. The molecule has 0 saturated heterocycles. The number of carbonyl (C=O) groups excluding carboxylic acids is 1. The molecule has 2 aromatic rings. The van der Waals surface area contributed by atoms with E-state index in [-0.39, 0.29) is 17.9 Å². The Balaban J connectivity index is 1.56. The Labute approximate surface area is 153 Å². The number of nitrogens with one attached hydrogen (secondary N) is 2. The van der Waals surface area contributed by atoms with E-state index in [1.165, 1.54) is 6.42 Å². The number of ether oxygens (including phenoxy) is 1. The van der Waals surface area contributed by atoms with Crippen molar-refractivity contribution in [3.8, 4) is 5.75 Å². The van der Waals surface area contributed by atoms with E-state index >= 15 is 0 Å². The van der Waals surface area contributed by atoms with Gasteiger partial charge in [-0.15, -0.1) is 10.2 Å². The molecule has 1 fully saturated rings. The van der Waals surface area contributed by atoms with Gasteiger partial charge in [-0.2, -0.15) is 0 Å². The third kappa shape index (κ3) is 4.68. The molecule has 1 aromatic carbocycles.